The summed E-state index contributed by atoms with van der Waals surface area (Å²) >= 11 is 5.99. The minimum Gasteiger partial charge on any atom is -0.354 e. The number of sulfonamides is 1. The highest BCUT2D eigenvalue weighted by Gasteiger charge is 2.35. The Hall–Kier alpha value is -2.69. The zero-order valence-corrected chi connectivity index (χ0v) is 19.1. The second-order valence-electron chi connectivity index (χ2n) is 7.75. The van der Waals surface area contributed by atoms with Crippen LogP contribution >= 0.6 is 11.6 Å². The molecule has 2 aromatic rings. The van der Waals surface area contributed by atoms with Crippen molar-refractivity contribution in [3.63, 3.8) is 0 Å². The van der Waals surface area contributed by atoms with Gasteiger partial charge in [-0.3, -0.25) is 19.5 Å². The molecule has 2 amide bonds. The second kappa shape index (κ2) is 9.05. The van der Waals surface area contributed by atoms with Gasteiger partial charge in [0.25, 0.3) is 0 Å². The molecular formula is C21H24ClN5O4S. The van der Waals surface area contributed by atoms with Gasteiger partial charge in [0.2, 0.25) is 27.8 Å². The third kappa shape index (κ3) is 4.57. The molecule has 9 nitrogen and oxygen atoms in total. The van der Waals surface area contributed by atoms with Crippen LogP contribution in [0.25, 0.3) is 10.8 Å². The van der Waals surface area contributed by atoms with Gasteiger partial charge >= 0.3 is 0 Å². The van der Waals surface area contributed by atoms with Gasteiger partial charge < -0.3 is 10.2 Å². The number of fused-ring (bicyclic) bond motifs is 1. The Morgan fingerprint density at radius 1 is 1.22 bits per heavy atom. The Morgan fingerprint density at radius 2 is 1.97 bits per heavy atom. The average molecular weight is 478 g/mol. The van der Waals surface area contributed by atoms with Gasteiger partial charge in [-0.1, -0.05) is 23.7 Å². The van der Waals surface area contributed by atoms with Crippen molar-refractivity contribution in [2.24, 2.45) is 4.99 Å². The Labute approximate surface area is 191 Å². The standard InChI is InChI=1S/C21H24ClN5O4S/c1-23-21-24-8-10-27(21)19(28)13-26-9-2-3-18(20(26)29)25-32(30,31)17-7-5-14-11-16(22)6-4-15(14)12-17/h4-7,11-12,18,25H,2-3,8-10,13H2,1H3,(H,23,24). The molecule has 2 heterocycles. The molecule has 0 saturated carbocycles. The smallest absolute Gasteiger partial charge is 0.248 e. The molecule has 1 atom stereocenters. The Balaban J connectivity index is 1.47. The molecule has 2 saturated heterocycles. The van der Waals surface area contributed by atoms with E-state index in [0.717, 1.165) is 10.8 Å². The summed E-state index contributed by atoms with van der Waals surface area (Å²) in [4.78, 5) is 32.6. The SMILES string of the molecule is CN=C1NCCN1C(=O)CN1CCCC(NS(=O)(=O)c2ccc3cc(Cl)ccc3c2)C1=O. The van der Waals surface area contributed by atoms with Crippen molar-refractivity contribution >= 4 is 50.2 Å². The highest BCUT2D eigenvalue weighted by molar-refractivity contribution is 7.89. The lowest BCUT2D eigenvalue weighted by Gasteiger charge is -2.32. The van der Waals surface area contributed by atoms with Gasteiger partial charge in [-0.15, -0.1) is 0 Å². The first kappa shape index (κ1) is 22.5. The summed E-state index contributed by atoms with van der Waals surface area (Å²) in [6, 6.07) is 8.99. The monoisotopic (exact) mass is 477 g/mol. The molecule has 2 aliphatic rings. The lowest BCUT2D eigenvalue weighted by atomic mass is 10.1. The summed E-state index contributed by atoms with van der Waals surface area (Å²) in [5.74, 6) is -0.169. The van der Waals surface area contributed by atoms with Crippen LogP contribution < -0.4 is 10.0 Å². The first-order chi connectivity index (χ1) is 15.3. The number of halogens is 1. The molecule has 2 aromatic carbocycles. The summed E-state index contributed by atoms with van der Waals surface area (Å²) in [6.07, 6.45) is 0.967. The number of amides is 2. The third-order valence-electron chi connectivity index (χ3n) is 5.63. The number of hydrogen-bond donors (Lipinski definition) is 2. The fraction of sp³-hybridized carbons (Fsp3) is 0.381. The van der Waals surface area contributed by atoms with Crippen molar-refractivity contribution in [3.05, 3.63) is 41.4 Å². The van der Waals surface area contributed by atoms with Gasteiger partial charge in [0.05, 0.1) is 4.90 Å². The van der Waals surface area contributed by atoms with Gasteiger partial charge in [-0.2, -0.15) is 4.72 Å². The van der Waals surface area contributed by atoms with Crippen molar-refractivity contribution in [1.29, 1.82) is 0 Å². The van der Waals surface area contributed by atoms with E-state index in [9.17, 15) is 18.0 Å². The molecule has 2 fully saturated rings. The Morgan fingerprint density at radius 3 is 2.75 bits per heavy atom. The van der Waals surface area contributed by atoms with E-state index < -0.39 is 22.0 Å². The molecule has 2 N–H and O–H groups in total. The highest BCUT2D eigenvalue weighted by Crippen LogP contribution is 2.23. The minimum atomic E-state index is -3.93. The maximum absolute atomic E-state index is 13.0. The van der Waals surface area contributed by atoms with Crippen LogP contribution in [0.1, 0.15) is 12.8 Å². The van der Waals surface area contributed by atoms with Gasteiger partial charge in [0.15, 0.2) is 0 Å². The van der Waals surface area contributed by atoms with Gasteiger partial charge in [0.1, 0.15) is 12.6 Å². The number of carbonyl (C=O) groups is 2. The van der Waals surface area contributed by atoms with Crippen LogP contribution in [0.3, 0.4) is 0 Å². The summed E-state index contributed by atoms with van der Waals surface area (Å²) < 4.78 is 28.5. The molecule has 0 aliphatic carbocycles. The van der Waals surface area contributed by atoms with Crippen LogP contribution in [0.15, 0.2) is 46.3 Å². The molecule has 0 radical (unpaired) electrons. The fourth-order valence-corrected chi connectivity index (χ4v) is 5.44. The number of likely N-dealkylation sites (tertiary alicyclic amines) is 1. The molecule has 0 aromatic heterocycles. The van der Waals surface area contributed by atoms with E-state index in [2.05, 4.69) is 15.0 Å². The van der Waals surface area contributed by atoms with Crippen molar-refractivity contribution in [1.82, 2.24) is 19.8 Å². The van der Waals surface area contributed by atoms with E-state index >= 15 is 0 Å². The number of hydrogen-bond acceptors (Lipinski definition) is 5. The third-order valence-corrected chi connectivity index (χ3v) is 7.33. The molecule has 0 spiro atoms. The predicted molar refractivity (Wildman–Crippen MR) is 122 cm³/mol. The quantitative estimate of drug-likeness (QED) is 0.671. The minimum absolute atomic E-state index is 0.0697. The molecule has 1 unspecified atom stereocenters. The number of rotatable bonds is 5. The lowest BCUT2D eigenvalue weighted by Crippen LogP contribution is -2.54. The van der Waals surface area contributed by atoms with Crippen LogP contribution in [-0.2, 0) is 19.6 Å². The topological polar surface area (TPSA) is 111 Å². The average Bonchev–Trinajstić information content (AvgIpc) is 3.25. The first-order valence-corrected chi connectivity index (χ1v) is 12.2. The first-order valence-electron chi connectivity index (χ1n) is 10.3. The van der Waals surface area contributed by atoms with E-state index in [1.54, 1.807) is 37.4 Å². The number of benzene rings is 2. The summed E-state index contributed by atoms with van der Waals surface area (Å²) in [7, 11) is -2.34. The Kier molecular flexibility index (Phi) is 6.36. The summed E-state index contributed by atoms with van der Waals surface area (Å²) in [6.45, 7) is 1.37. The van der Waals surface area contributed by atoms with Crippen molar-refractivity contribution in [3.8, 4) is 0 Å². The lowest BCUT2D eigenvalue weighted by molar-refractivity contribution is -0.141. The number of guanidine groups is 1. The molecule has 11 heteroatoms. The number of carbonyl (C=O) groups excluding carboxylic acids is 2. The van der Waals surface area contributed by atoms with Gasteiger partial charge in [-0.25, -0.2) is 8.42 Å². The number of piperidine rings is 1. The largest absolute Gasteiger partial charge is 0.354 e. The number of nitrogens with one attached hydrogen (secondary N) is 2. The van der Waals surface area contributed by atoms with Gasteiger partial charge in [-0.05, 0) is 47.9 Å². The van der Waals surface area contributed by atoms with Crippen molar-refractivity contribution in [2.45, 2.75) is 23.8 Å². The maximum Gasteiger partial charge on any atom is 0.248 e. The van der Waals surface area contributed by atoms with Crippen molar-refractivity contribution in [2.75, 3.05) is 33.2 Å². The van der Waals surface area contributed by atoms with Crippen LogP contribution in [0.4, 0.5) is 0 Å². The van der Waals surface area contributed by atoms with E-state index in [-0.39, 0.29) is 17.3 Å². The second-order valence-corrected chi connectivity index (χ2v) is 9.90. The fourth-order valence-electron chi connectivity index (χ4n) is 4.00. The predicted octanol–water partition coefficient (Wildman–Crippen LogP) is 1.18. The van der Waals surface area contributed by atoms with Crippen LogP contribution in [0, 0.1) is 0 Å². The summed E-state index contributed by atoms with van der Waals surface area (Å²) in [5.41, 5.74) is 0. The zero-order chi connectivity index (χ0) is 22.9. The van der Waals surface area contributed by atoms with E-state index in [4.69, 9.17) is 11.6 Å². The molecular weight excluding hydrogens is 454 g/mol. The molecule has 4 rings (SSSR count). The van der Waals surface area contributed by atoms with Crippen LogP contribution in [0.2, 0.25) is 5.02 Å². The van der Waals surface area contributed by atoms with E-state index in [0.29, 0.717) is 43.5 Å². The number of nitrogens with zero attached hydrogens (tertiary/aromatic N) is 3. The van der Waals surface area contributed by atoms with Gasteiger partial charge in [0, 0.05) is 31.7 Å². The molecule has 0 bridgehead atoms. The van der Waals surface area contributed by atoms with Crippen LogP contribution in [0.5, 0.6) is 0 Å². The number of aliphatic imine (C=N–C) groups is 1. The Bertz CT molecular complexity index is 1200. The van der Waals surface area contributed by atoms with E-state index in [1.165, 1.54) is 15.9 Å². The van der Waals surface area contributed by atoms with Crippen LogP contribution in [-0.4, -0.2) is 75.3 Å². The molecule has 170 valence electrons. The zero-order valence-electron chi connectivity index (χ0n) is 17.5. The maximum atomic E-state index is 13.0. The van der Waals surface area contributed by atoms with Crippen molar-refractivity contribution < 1.29 is 18.0 Å². The normalized spacial score (nSPS) is 20.8. The highest BCUT2D eigenvalue weighted by atomic mass is 35.5. The molecule has 32 heavy (non-hydrogen) atoms. The van der Waals surface area contributed by atoms with E-state index in [1.807, 2.05) is 0 Å². The summed E-state index contributed by atoms with van der Waals surface area (Å²) in [5, 5.41) is 5.13. The molecule has 2 aliphatic heterocycles.